The third-order valence-electron chi connectivity index (χ3n) is 2.16. The monoisotopic (exact) mass is 194 g/mol. The summed E-state index contributed by atoms with van der Waals surface area (Å²) in [5.74, 6) is 0. The molecule has 0 bridgehead atoms. The highest BCUT2D eigenvalue weighted by atomic mass is 16.5. The second-order valence-electron chi connectivity index (χ2n) is 3.33. The Labute approximate surface area is 82.6 Å². The van der Waals surface area contributed by atoms with Crippen molar-refractivity contribution in [2.45, 2.75) is 25.9 Å². The van der Waals surface area contributed by atoms with Crippen molar-refractivity contribution in [2.75, 3.05) is 6.61 Å². The Morgan fingerprint density at radius 2 is 2.57 bits per heavy atom. The summed E-state index contributed by atoms with van der Waals surface area (Å²) >= 11 is 0. The molecule has 1 unspecified atom stereocenters. The van der Waals surface area contributed by atoms with Gasteiger partial charge in [0.2, 0.25) is 0 Å². The molecule has 0 spiro atoms. The van der Waals surface area contributed by atoms with Gasteiger partial charge in [0.15, 0.2) is 0 Å². The molecule has 5 nitrogen and oxygen atoms in total. The number of amidine groups is 1. The first-order valence-corrected chi connectivity index (χ1v) is 4.78. The van der Waals surface area contributed by atoms with Crippen molar-refractivity contribution >= 4 is 6.02 Å². The lowest BCUT2D eigenvalue weighted by atomic mass is 10.2. The lowest BCUT2D eigenvalue weighted by Crippen LogP contribution is -2.10. The maximum atomic E-state index is 5.43. The quantitative estimate of drug-likeness (QED) is 0.769. The number of aryl methyl sites for hydroxylation is 1. The van der Waals surface area contributed by atoms with E-state index in [0.717, 1.165) is 18.5 Å². The zero-order valence-corrected chi connectivity index (χ0v) is 8.18. The van der Waals surface area contributed by atoms with Crippen molar-refractivity contribution < 1.29 is 4.74 Å². The van der Waals surface area contributed by atoms with Crippen LogP contribution in [0, 0.1) is 0 Å². The molecule has 5 heteroatoms. The molecule has 2 N–H and O–H groups in total. The Morgan fingerprint density at radius 1 is 1.71 bits per heavy atom. The third-order valence-corrected chi connectivity index (χ3v) is 2.16. The fourth-order valence-corrected chi connectivity index (χ4v) is 1.47. The highest BCUT2D eigenvalue weighted by Crippen LogP contribution is 2.21. The SMILES string of the molecule is CCCn1cc(C2COC(N)=N2)cn1. The summed E-state index contributed by atoms with van der Waals surface area (Å²) in [5, 5.41) is 4.23. The summed E-state index contributed by atoms with van der Waals surface area (Å²) in [5.41, 5.74) is 6.50. The van der Waals surface area contributed by atoms with E-state index >= 15 is 0 Å². The molecule has 1 atom stereocenters. The molecule has 2 heterocycles. The van der Waals surface area contributed by atoms with Crippen LogP contribution in [0.15, 0.2) is 17.4 Å². The summed E-state index contributed by atoms with van der Waals surface area (Å²) in [4.78, 5) is 4.15. The van der Waals surface area contributed by atoms with E-state index < -0.39 is 0 Å². The summed E-state index contributed by atoms with van der Waals surface area (Å²) < 4.78 is 7.00. The molecule has 76 valence electrons. The van der Waals surface area contributed by atoms with Crippen LogP contribution in [-0.2, 0) is 11.3 Å². The molecule has 0 saturated heterocycles. The van der Waals surface area contributed by atoms with E-state index in [-0.39, 0.29) is 12.1 Å². The van der Waals surface area contributed by atoms with Gasteiger partial charge in [-0.15, -0.1) is 0 Å². The first-order valence-electron chi connectivity index (χ1n) is 4.78. The molecule has 0 saturated carbocycles. The van der Waals surface area contributed by atoms with E-state index in [1.807, 2.05) is 17.1 Å². The van der Waals surface area contributed by atoms with Gasteiger partial charge in [-0.25, -0.2) is 4.99 Å². The van der Waals surface area contributed by atoms with Crippen LogP contribution < -0.4 is 5.73 Å². The van der Waals surface area contributed by atoms with Gasteiger partial charge in [-0.05, 0) is 6.42 Å². The molecule has 0 radical (unpaired) electrons. The third kappa shape index (κ3) is 1.71. The Morgan fingerprint density at radius 3 is 3.21 bits per heavy atom. The fraction of sp³-hybridized carbons (Fsp3) is 0.556. The predicted molar refractivity (Wildman–Crippen MR) is 52.8 cm³/mol. The van der Waals surface area contributed by atoms with Crippen LogP contribution in [0.25, 0.3) is 0 Å². The first kappa shape index (κ1) is 9.05. The number of aliphatic imine (C=N–C) groups is 1. The number of nitrogens with zero attached hydrogens (tertiary/aromatic N) is 3. The van der Waals surface area contributed by atoms with Crippen molar-refractivity contribution in [1.29, 1.82) is 0 Å². The van der Waals surface area contributed by atoms with Crippen molar-refractivity contribution in [2.24, 2.45) is 10.7 Å². The molecule has 1 aromatic heterocycles. The summed E-state index contributed by atoms with van der Waals surface area (Å²) in [6, 6.07) is 0.304. The van der Waals surface area contributed by atoms with Gasteiger partial charge in [-0.3, -0.25) is 4.68 Å². The summed E-state index contributed by atoms with van der Waals surface area (Å²) in [6.07, 6.45) is 4.90. The smallest absolute Gasteiger partial charge is 0.282 e. The Hall–Kier alpha value is -1.52. The van der Waals surface area contributed by atoms with Gasteiger partial charge in [0.25, 0.3) is 6.02 Å². The molecular weight excluding hydrogens is 180 g/mol. The Balaban J connectivity index is 2.09. The molecule has 0 amide bonds. The fourth-order valence-electron chi connectivity index (χ4n) is 1.47. The molecule has 2 rings (SSSR count). The molecular formula is C9H14N4O. The predicted octanol–water partition coefficient (Wildman–Crippen LogP) is 0.679. The minimum Gasteiger partial charge on any atom is -0.463 e. The zero-order chi connectivity index (χ0) is 9.97. The van der Waals surface area contributed by atoms with Crippen molar-refractivity contribution in [1.82, 2.24) is 9.78 Å². The average molecular weight is 194 g/mol. The molecule has 1 aliphatic rings. The van der Waals surface area contributed by atoms with Crippen LogP contribution in [0.5, 0.6) is 0 Å². The Bertz CT molecular complexity index is 344. The van der Waals surface area contributed by atoms with Gasteiger partial charge in [0.1, 0.15) is 12.6 Å². The van der Waals surface area contributed by atoms with Crippen LogP contribution in [-0.4, -0.2) is 22.4 Å². The van der Waals surface area contributed by atoms with Gasteiger partial charge in [-0.1, -0.05) is 6.92 Å². The van der Waals surface area contributed by atoms with Gasteiger partial charge in [0, 0.05) is 18.3 Å². The number of ether oxygens (including phenoxy) is 1. The lowest BCUT2D eigenvalue weighted by molar-refractivity contribution is 0.315. The second kappa shape index (κ2) is 3.69. The van der Waals surface area contributed by atoms with Crippen molar-refractivity contribution in [3.63, 3.8) is 0 Å². The topological polar surface area (TPSA) is 65.4 Å². The maximum Gasteiger partial charge on any atom is 0.282 e. The highest BCUT2D eigenvalue weighted by Gasteiger charge is 2.19. The summed E-state index contributed by atoms with van der Waals surface area (Å²) in [6.45, 7) is 3.59. The highest BCUT2D eigenvalue weighted by molar-refractivity contribution is 5.73. The molecule has 0 fully saturated rings. The van der Waals surface area contributed by atoms with E-state index in [1.54, 1.807) is 0 Å². The van der Waals surface area contributed by atoms with E-state index in [1.165, 1.54) is 0 Å². The standard InChI is InChI=1S/C9H14N4O/c1-2-3-13-5-7(4-11-13)8-6-14-9(10)12-8/h4-5,8H,2-3,6H2,1H3,(H2,10,12). The number of rotatable bonds is 3. The summed E-state index contributed by atoms with van der Waals surface area (Å²) in [7, 11) is 0. The molecule has 0 aliphatic carbocycles. The van der Waals surface area contributed by atoms with Crippen molar-refractivity contribution in [3.8, 4) is 0 Å². The van der Waals surface area contributed by atoms with Crippen LogP contribution in [0.1, 0.15) is 24.9 Å². The van der Waals surface area contributed by atoms with Gasteiger partial charge in [0.05, 0.1) is 6.20 Å². The van der Waals surface area contributed by atoms with Gasteiger partial charge >= 0.3 is 0 Å². The minimum absolute atomic E-state index is 0.0283. The van der Waals surface area contributed by atoms with Crippen molar-refractivity contribution in [3.05, 3.63) is 18.0 Å². The van der Waals surface area contributed by atoms with E-state index in [9.17, 15) is 0 Å². The molecule has 0 aromatic carbocycles. The van der Waals surface area contributed by atoms with Crippen LogP contribution in [0.3, 0.4) is 0 Å². The van der Waals surface area contributed by atoms with E-state index in [0.29, 0.717) is 6.61 Å². The van der Waals surface area contributed by atoms with Gasteiger partial charge in [-0.2, -0.15) is 5.10 Å². The average Bonchev–Trinajstić information content (AvgIpc) is 2.74. The van der Waals surface area contributed by atoms with Gasteiger partial charge < -0.3 is 10.5 Å². The van der Waals surface area contributed by atoms with Crippen LogP contribution >= 0.6 is 0 Å². The number of hydrogen-bond donors (Lipinski definition) is 1. The molecule has 14 heavy (non-hydrogen) atoms. The number of aromatic nitrogens is 2. The van der Waals surface area contributed by atoms with Crippen LogP contribution in [0.2, 0.25) is 0 Å². The number of hydrogen-bond acceptors (Lipinski definition) is 4. The largest absolute Gasteiger partial charge is 0.463 e. The van der Waals surface area contributed by atoms with Crippen LogP contribution in [0.4, 0.5) is 0 Å². The maximum absolute atomic E-state index is 5.43. The number of nitrogens with two attached hydrogens (primary N) is 1. The normalized spacial score (nSPS) is 20.6. The minimum atomic E-state index is 0.0283. The molecule has 1 aromatic rings. The van der Waals surface area contributed by atoms with E-state index in [2.05, 4.69) is 17.0 Å². The zero-order valence-electron chi connectivity index (χ0n) is 8.18. The first-order chi connectivity index (χ1) is 6.79. The van der Waals surface area contributed by atoms with E-state index in [4.69, 9.17) is 10.5 Å². The second-order valence-corrected chi connectivity index (χ2v) is 3.33. The lowest BCUT2D eigenvalue weighted by Gasteiger charge is -1.99. The Kier molecular flexibility index (Phi) is 2.39. The molecule has 1 aliphatic heterocycles.